The SMILES string of the molecule is CCC(C)NS(=O)(=O)c1ccc(C(=O)NCCCc2ccc(N(C)C)cc2)cc1. The predicted molar refractivity (Wildman–Crippen MR) is 118 cm³/mol. The van der Waals surface area contributed by atoms with Gasteiger partial charge in [0.15, 0.2) is 0 Å². The molecule has 0 aliphatic carbocycles. The van der Waals surface area contributed by atoms with Crippen molar-refractivity contribution in [3.8, 4) is 0 Å². The lowest BCUT2D eigenvalue weighted by atomic mass is 10.1. The molecule has 0 aliphatic rings. The molecule has 1 atom stereocenters. The number of nitrogens with zero attached hydrogens (tertiary/aromatic N) is 1. The monoisotopic (exact) mass is 417 g/mol. The van der Waals surface area contributed by atoms with Crippen LogP contribution in [0, 0.1) is 0 Å². The van der Waals surface area contributed by atoms with Crippen LogP contribution in [-0.2, 0) is 16.4 Å². The molecule has 2 N–H and O–H groups in total. The van der Waals surface area contributed by atoms with Gasteiger partial charge in [-0.05, 0) is 68.1 Å². The van der Waals surface area contributed by atoms with Gasteiger partial charge in [0.05, 0.1) is 4.90 Å². The van der Waals surface area contributed by atoms with Crippen molar-refractivity contribution < 1.29 is 13.2 Å². The standard InChI is InChI=1S/C22H31N3O3S/c1-5-17(2)24-29(27,28)21-14-10-19(11-15-21)22(26)23-16-6-7-18-8-12-20(13-9-18)25(3)4/h8-15,17,24H,5-7,16H2,1-4H3,(H,23,26). The van der Waals surface area contributed by atoms with Crippen LogP contribution in [0.3, 0.4) is 0 Å². The zero-order valence-corrected chi connectivity index (χ0v) is 18.4. The number of benzene rings is 2. The molecule has 0 saturated heterocycles. The summed E-state index contributed by atoms with van der Waals surface area (Å²) in [5.74, 6) is -0.202. The van der Waals surface area contributed by atoms with Gasteiger partial charge in [0, 0.05) is 37.9 Å². The first-order valence-corrected chi connectivity index (χ1v) is 11.4. The minimum Gasteiger partial charge on any atom is -0.378 e. The first-order valence-electron chi connectivity index (χ1n) is 9.89. The van der Waals surface area contributed by atoms with Crippen LogP contribution >= 0.6 is 0 Å². The fraction of sp³-hybridized carbons (Fsp3) is 0.409. The molecule has 0 fully saturated rings. The quantitative estimate of drug-likeness (QED) is 0.582. The summed E-state index contributed by atoms with van der Waals surface area (Å²) in [5, 5.41) is 2.89. The molecule has 1 unspecified atom stereocenters. The summed E-state index contributed by atoms with van der Waals surface area (Å²) in [6.07, 6.45) is 2.42. The molecule has 0 bridgehead atoms. The molecular formula is C22H31N3O3S. The molecule has 29 heavy (non-hydrogen) atoms. The van der Waals surface area contributed by atoms with Gasteiger partial charge < -0.3 is 10.2 Å². The largest absolute Gasteiger partial charge is 0.378 e. The number of carbonyl (C=O) groups is 1. The third-order valence-corrected chi connectivity index (χ3v) is 6.38. The molecule has 7 heteroatoms. The van der Waals surface area contributed by atoms with Crippen LogP contribution in [0.5, 0.6) is 0 Å². The van der Waals surface area contributed by atoms with Gasteiger partial charge in [0.25, 0.3) is 5.91 Å². The Labute approximate surface area is 174 Å². The molecule has 2 aromatic carbocycles. The molecule has 0 heterocycles. The molecule has 2 rings (SSSR count). The smallest absolute Gasteiger partial charge is 0.251 e. The summed E-state index contributed by atoms with van der Waals surface area (Å²) in [4.78, 5) is 14.5. The molecule has 0 saturated carbocycles. The highest BCUT2D eigenvalue weighted by molar-refractivity contribution is 7.89. The zero-order valence-electron chi connectivity index (χ0n) is 17.6. The first-order chi connectivity index (χ1) is 13.7. The summed E-state index contributed by atoms with van der Waals surface area (Å²) in [6, 6.07) is 14.2. The Balaban J connectivity index is 1.83. The number of rotatable bonds is 10. The number of aryl methyl sites for hydroxylation is 1. The summed E-state index contributed by atoms with van der Waals surface area (Å²) in [7, 11) is 0.458. The average molecular weight is 418 g/mol. The van der Waals surface area contributed by atoms with Crippen molar-refractivity contribution >= 4 is 21.6 Å². The van der Waals surface area contributed by atoms with E-state index in [1.54, 1.807) is 12.1 Å². The Hall–Kier alpha value is -2.38. The average Bonchev–Trinajstić information content (AvgIpc) is 2.71. The molecule has 2 aromatic rings. The summed E-state index contributed by atoms with van der Waals surface area (Å²) < 4.78 is 27.2. The lowest BCUT2D eigenvalue weighted by molar-refractivity contribution is 0.0953. The Kier molecular flexibility index (Phi) is 8.22. The fourth-order valence-corrected chi connectivity index (χ4v) is 4.09. The predicted octanol–water partition coefficient (Wildman–Crippen LogP) is 3.19. The minimum absolute atomic E-state index is 0.137. The lowest BCUT2D eigenvalue weighted by Gasteiger charge is -2.13. The lowest BCUT2D eigenvalue weighted by Crippen LogP contribution is -2.32. The second-order valence-electron chi connectivity index (χ2n) is 7.38. The van der Waals surface area contributed by atoms with Crippen molar-refractivity contribution in [3.05, 3.63) is 59.7 Å². The second-order valence-corrected chi connectivity index (χ2v) is 9.09. The van der Waals surface area contributed by atoms with Gasteiger partial charge in [0.2, 0.25) is 10.0 Å². The molecule has 0 aromatic heterocycles. The van der Waals surface area contributed by atoms with Gasteiger partial charge in [-0.3, -0.25) is 4.79 Å². The van der Waals surface area contributed by atoms with Crippen LogP contribution in [0.1, 0.15) is 42.6 Å². The van der Waals surface area contributed by atoms with Gasteiger partial charge in [-0.25, -0.2) is 13.1 Å². The maximum absolute atomic E-state index is 12.3. The van der Waals surface area contributed by atoms with E-state index in [1.807, 2.05) is 27.9 Å². The summed E-state index contributed by atoms with van der Waals surface area (Å²) in [6.45, 7) is 4.29. The number of nitrogens with one attached hydrogen (secondary N) is 2. The fourth-order valence-electron chi connectivity index (χ4n) is 2.76. The molecule has 158 valence electrons. The molecule has 6 nitrogen and oxygen atoms in total. The highest BCUT2D eigenvalue weighted by atomic mass is 32.2. The van der Waals surface area contributed by atoms with Crippen LogP contribution in [0.15, 0.2) is 53.4 Å². The van der Waals surface area contributed by atoms with Crippen LogP contribution in [0.2, 0.25) is 0 Å². The normalized spacial score (nSPS) is 12.4. The summed E-state index contributed by atoms with van der Waals surface area (Å²) >= 11 is 0. The van der Waals surface area contributed by atoms with Crippen molar-refractivity contribution in [2.45, 2.75) is 44.0 Å². The maximum atomic E-state index is 12.3. The molecule has 0 aliphatic heterocycles. The molecular weight excluding hydrogens is 386 g/mol. The van der Waals surface area contributed by atoms with E-state index in [9.17, 15) is 13.2 Å². The highest BCUT2D eigenvalue weighted by Gasteiger charge is 2.17. The van der Waals surface area contributed by atoms with Crippen molar-refractivity contribution in [1.82, 2.24) is 10.0 Å². The van der Waals surface area contributed by atoms with Gasteiger partial charge >= 0.3 is 0 Å². The van der Waals surface area contributed by atoms with E-state index >= 15 is 0 Å². The van der Waals surface area contributed by atoms with E-state index in [0.717, 1.165) is 18.5 Å². The van der Waals surface area contributed by atoms with E-state index in [2.05, 4.69) is 39.2 Å². The first kappa shape index (κ1) is 22.9. The Morgan fingerprint density at radius 2 is 1.66 bits per heavy atom. The van der Waals surface area contributed by atoms with Gasteiger partial charge in [0.1, 0.15) is 0 Å². The third-order valence-electron chi connectivity index (χ3n) is 4.78. The molecule has 1 amide bonds. The maximum Gasteiger partial charge on any atom is 0.251 e. The van der Waals surface area contributed by atoms with E-state index in [0.29, 0.717) is 18.5 Å². The van der Waals surface area contributed by atoms with Crippen molar-refractivity contribution in [3.63, 3.8) is 0 Å². The topological polar surface area (TPSA) is 78.5 Å². The van der Waals surface area contributed by atoms with Crippen molar-refractivity contribution in [2.75, 3.05) is 25.5 Å². The Morgan fingerprint density at radius 3 is 2.21 bits per heavy atom. The number of hydrogen-bond acceptors (Lipinski definition) is 4. The van der Waals surface area contributed by atoms with E-state index < -0.39 is 10.0 Å². The zero-order chi connectivity index (χ0) is 21.4. The highest BCUT2D eigenvalue weighted by Crippen LogP contribution is 2.14. The van der Waals surface area contributed by atoms with Gasteiger partial charge in [-0.1, -0.05) is 19.1 Å². The van der Waals surface area contributed by atoms with Crippen molar-refractivity contribution in [1.29, 1.82) is 0 Å². The number of anilines is 1. The van der Waals surface area contributed by atoms with Crippen LogP contribution in [0.4, 0.5) is 5.69 Å². The van der Waals surface area contributed by atoms with Crippen LogP contribution < -0.4 is 14.9 Å². The number of carbonyl (C=O) groups excluding carboxylic acids is 1. The third kappa shape index (κ3) is 6.87. The number of sulfonamides is 1. The van der Waals surface area contributed by atoms with E-state index in [1.165, 1.54) is 17.7 Å². The van der Waals surface area contributed by atoms with Crippen LogP contribution in [-0.4, -0.2) is 41.0 Å². The second kappa shape index (κ2) is 10.4. The van der Waals surface area contributed by atoms with Gasteiger partial charge in [-0.15, -0.1) is 0 Å². The Morgan fingerprint density at radius 1 is 1.03 bits per heavy atom. The molecule has 0 radical (unpaired) electrons. The van der Waals surface area contributed by atoms with E-state index in [-0.39, 0.29) is 16.8 Å². The van der Waals surface area contributed by atoms with Gasteiger partial charge in [-0.2, -0.15) is 0 Å². The number of amides is 1. The van der Waals surface area contributed by atoms with E-state index in [4.69, 9.17) is 0 Å². The number of hydrogen-bond donors (Lipinski definition) is 2. The van der Waals surface area contributed by atoms with Crippen LogP contribution in [0.25, 0.3) is 0 Å². The molecule has 0 spiro atoms. The minimum atomic E-state index is -3.56. The Bertz CT molecular complexity index is 892. The van der Waals surface area contributed by atoms with Crippen molar-refractivity contribution in [2.24, 2.45) is 0 Å². The summed E-state index contributed by atoms with van der Waals surface area (Å²) in [5.41, 5.74) is 2.84.